The fraction of sp³-hybridized carbons (Fsp3) is 0.471. The van der Waals surface area contributed by atoms with Gasteiger partial charge in [-0.3, -0.25) is 0 Å². The first-order chi connectivity index (χ1) is 11.1. The Morgan fingerprint density at radius 3 is 2.29 bits per heavy atom. The van der Waals surface area contributed by atoms with Crippen molar-refractivity contribution < 1.29 is 17.7 Å². The van der Waals surface area contributed by atoms with Crippen molar-refractivity contribution in [3.63, 3.8) is 0 Å². The molecule has 0 aliphatic carbocycles. The summed E-state index contributed by atoms with van der Waals surface area (Å²) in [6.45, 7) is 10.00. The second-order valence-electron chi connectivity index (χ2n) is 6.67. The number of aryl methyl sites for hydroxylation is 2. The van der Waals surface area contributed by atoms with E-state index in [0.29, 0.717) is 11.4 Å². The van der Waals surface area contributed by atoms with Crippen molar-refractivity contribution in [3.8, 4) is 5.75 Å². The molecule has 0 radical (unpaired) electrons. The summed E-state index contributed by atoms with van der Waals surface area (Å²) in [4.78, 5) is 0.0945. The van der Waals surface area contributed by atoms with Crippen molar-refractivity contribution in [1.29, 1.82) is 0 Å². The number of ether oxygens (including phenoxy) is 1. The van der Waals surface area contributed by atoms with Gasteiger partial charge in [0.25, 0.3) is 0 Å². The van der Waals surface area contributed by atoms with Crippen molar-refractivity contribution in [3.05, 3.63) is 41.3 Å². The third kappa shape index (κ3) is 4.36. The first kappa shape index (κ1) is 18.5. The third-order valence-corrected chi connectivity index (χ3v) is 5.32. The fourth-order valence-electron chi connectivity index (χ4n) is 2.33. The Kier molecular flexibility index (Phi) is 5.35. The minimum Gasteiger partial charge on any atom is -0.492 e. The zero-order chi connectivity index (χ0) is 18.0. The van der Waals surface area contributed by atoms with Crippen LogP contribution in [-0.4, -0.2) is 26.7 Å². The average molecular weight is 352 g/mol. The number of hydrogen-bond acceptors (Lipinski definition) is 5. The van der Waals surface area contributed by atoms with E-state index in [-0.39, 0.29) is 29.2 Å². The molecule has 1 aromatic heterocycles. The molecule has 2 aromatic rings. The highest BCUT2D eigenvalue weighted by molar-refractivity contribution is 7.89. The molecule has 1 N–H and O–H groups in total. The van der Waals surface area contributed by atoms with Crippen LogP contribution >= 0.6 is 0 Å². The van der Waals surface area contributed by atoms with Crippen molar-refractivity contribution in [2.75, 3.05) is 13.2 Å². The lowest BCUT2D eigenvalue weighted by Gasteiger charge is -2.19. The van der Waals surface area contributed by atoms with Crippen LogP contribution in [0, 0.1) is 13.8 Å². The molecule has 7 heteroatoms. The Morgan fingerprint density at radius 1 is 1.17 bits per heavy atom. The van der Waals surface area contributed by atoms with Crippen LogP contribution in [0.3, 0.4) is 0 Å². The van der Waals surface area contributed by atoms with Crippen LogP contribution in [0.1, 0.15) is 37.8 Å². The monoisotopic (exact) mass is 352 g/mol. The molecular weight excluding hydrogens is 328 g/mol. The van der Waals surface area contributed by atoms with E-state index >= 15 is 0 Å². The van der Waals surface area contributed by atoms with E-state index in [0.717, 1.165) is 0 Å². The number of benzene rings is 1. The van der Waals surface area contributed by atoms with E-state index in [1.54, 1.807) is 13.8 Å². The zero-order valence-electron chi connectivity index (χ0n) is 14.7. The Hall–Kier alpha value is -1.86. The number of sulfonamides is 1. The largest absolute Gasteiger partial charge is 0.492 e. The summed E-state index contributed by atoms with van der Waals surface area (Å²) in [5.41, 5.74) is 1.65. The molecule has 0 aliphatic heterocycles. The molecule has 0 atom stereocenters. The van der Waals surface area contributed by atoms with E-state index in [1.807, 2.05) is 24.3 Å². The standard InChI is InChI=1S/C17H24N2O4S/c1-12-16(13(2)23-19-12)24(20,21)18-10-11-22-15-8-6-14(7-9-15)17(3,4)5/h6-9,18H,10-11H2,1-5H3. The quantitative estimate of drug-likeness (QED) is 0.808. The molecule has 0 amide bonds. The molecule has 0 bridgehead atoms. The van der Waals surface area contributed by atoms with Gasteiger partial charge in [-0.15, -0.1) is 0 Å². The van der Waals surface area contributed by atoms with Crippen molar-refractivity contribution >= 4 is 10.0 Å². The first-order valence-corrected chi connectivity index (χ1v) is 9.25. The third-order valence-electron chi connectivity index (χ3n) is 3.62. The molecule has 1 heterocycles. The van der Waals surface area contributed by atoms with Gasteiger partial charge in [-0.25, -0.2) is 13.1 Å². The van der Waals surface area contributed by atoms with Gasteiger partial charge >= 0.3 is 0 Å². The van der Waals surface area contributed by atoms with Crippen LogP contribution in [0.4, 0.5) is 0 Å². The van der Waals surface area contributed by atoms with E-state index in [2.05, 4.69) is 30.6 Å². The van der Waals surface area contributed by atoms with E-state index in [1.165, 1.54) is 5.56 Å². The van der Waals surface area contributed by atoms with Gasteiger partial charge in [0.1, 0.15) is 22.9 Å². The van der Waals surface area contributed by atoms with Gasteiger partial charge in [0, 0.05) is 6.54 Å². The highest BCUT2D eigenvalue weighted by Gasteiger charge is 2.23. The van der Waals surface area contributed by atoms with Crippen LogP contribution in [-0.2, 0) is 15.4 Å². The Bertz CT molecular complexity index is 767. The molecule has 0 fully saturated rings. The van der Waals surface area contributed by atoms with Gasteiger partial charge in [0.2, 0.25) is 10.0 Å². The summed E-state index contributed by atoms with van der Waals surface area (Å²) >= 11 is 0. The maximum absolute atomic E-state index is 12.2. The SMILES string of the molecule is Cc1noc(C)c1S(=O)(=O)NCCOc1ccc(C(C)(C)C)cc1. The molecule has 0 spiro atoms. The number of aromatic nitrogens is 1. The van der Waals surface area contributed by atoms with Gasteiger partial charge in [-0.2, -0.15) is 0 Å². The molecular formula is C17H24N2O4S. The minimum atomic E-state index is -3.65. The van der Waals surface area contributed by atoms with Gasteiger partial charge in [-0.05, 0) is 37.0 Å². The summed E-state index contributed by atoms with van der Waals surface area (Å²) in [5.74, 6) is 0.984. The summed E-state index contributed by atoms with van der Waals surface area (Å²) in [6.07, 6.45) is 0. The molecule has 2 rings (SSSR count). The number of hydrogen-bond donors (Lipinski definition) is 1. The van der Waals surface area contributed by atoms with Crippen molar-refractivity contribution in [1.82, 2.24) is 9.88 Å². The predicted octanol–water partition coefficient (Wildman–Crippen LogP) is 2.95. The normalized spacial score (nSPS) is 12.4. The fourth-order valence-corrected chi connectivity index (χ4v) is 3.66. The summed E-state index contributed by atoms with van der Waals surface area (Å²) in [7, 11) is -3.65. The predicted molar refractivity (Wildman–Crippen MR) is 91.8 cm³/mol. The number of nitrogens with zero attached hydrogens (tertiary/aromatic N) is 1. The van der Waals surface area contributed by atoms with Crippen LogP contribution in [0.5, 0.6) is 5.75 Å². The minimum absolute atomic E-state index is 0.0858. The average Bonchev–Trinajstić information content (AvgIpc) is 2.83. The molecule has 132 valence electrons. The van der Waals surface area contributed by atoms with Gasteiger partial charge < -0.3 is 9.26 Å². The highest BCUT2D eigenvalue weighted by Crippen LogP contribution is 2.24. The lowest BCUT2D eigenvalue weighted by Crippen LogP contribution is -2.29. The maximum Gasteiger partial charge on any atom is 0.246 e. The molecule has 0 saturated heterocycles. The molecule has 24 heavy (non-hydrogen) atoms. The van der Waals surface area contributed by atoms with Crippen LogP contribution in [0.15, 0.2) is 33.7 Å². The van der Waals surface area contributed by atoms with Crippen molar-refractivity contribution in [2.45, 2.75) is 44.9 Å². The maximum atomic E-state index is 12.2. The second-order valence-corrected chi connectivity index (χ2v) is 8.38. The molecule has 1 aromatic carbocycles. The topological polar surface area (TPSA) is 81.4 Å². The van der Waals surface area contributed by atoms with E-state index < -0.39 is 10.0 Å². The van der Waals surface area contributed by atoms with Crippen LogP contribution in [0.2, 0.25) is 0 Å². The van der Waals surface area contributed by atoms with Crippen LogP contribution < -0.4 is 9.46 Å². The van der Waals surface area contributed by atoms with Crippen LogP contribution in [0.25, 0.3) is 0 Å². The molecule has 0 aliphatic rings. The number of nitrogens with one attached hydrogen (secondary N) is 1. The zero-order valence-corrected chi connectivity index (χ0v) is 15.5. The van der Waals surface area contributed by atoms with E-state index in [9.17, 15) is 8.42 Å². The summed E-state index contributed by atoms with van der Waals surface area (Å²) in [5, 5.41) is 3.66. The highest BCUT2D eigenvalue weighted by atomic mass is 32.2. The van der Waals surface area contributed by atoms with Gasteiger partial charge in [-0.1, -0.05) is 38.1 Å². The Labute approximate surface area is 143 Å². The number of rotatable bonds is 6. The van der Waals surface area contributed by atoms with Gasteiger partial charge in [0.15, 0.2) is 5.76 Å². The summed E-state index contributed by atoms with van der Waals surface area (Å²) < 4.78 is 37.4. The lowest BCUT2D eigenvalue weighted by molar-refractivity contribution is 0.322. The Balaban J connectivity index is 1.89. The summed E-state index contributed by atoms with van der Waals surface area (Å²) in [6, 6.07) is 7.82. The smallest absolute Gasteiger partial charge is 0.246 e. The molecule has 0 saturated carbocycles. The van der Waals surface area contributed by atoms with Crippen molar-refractivity contribution in [2.24, 2.45) is 0 Å². The van der Waals surface area contributed by atoms with Gasteiger partial charge in [0.05, 0.1) is 0 Å². The lowest BCUT2D eigenvalue weighted by atomic mass is 9.87. The second kappa shape index (κ2) is 6.94. The Morgan fingerprint density at radius 2 is 1.79 bits per heavy atom. The molecule has 6 nitrogen and oxygen atoms in total. The molecule has 0 unspecified atom stereocenters. The van der Waals surface area contributed by atoms with E-state index in [4.69, 9.17) is 9.26 Å². The first-order valence-electron chi connectivity index (χ1n) is 7.77.